The van der Waals surface area contributed by atoms with Crippen LogP contribution in [0.15, 0.2) is 42.5 Å². The van der Waals surface area contributed by atoms with Gasteiger partial charge in [0.05, 0.1) is 10.6 Å². The van der Waals surface area contributed by atoms with Crippen molar-refractivity contribution in [2.45, 2.75) is 12.6 Å². The lowest BCUT2D eigenvalue weighted by Gasteiger charge is -2.14. The van der Waals surface area contributed by atoms with Crippen LogP contribution in [0.25, 0.3) is 0 Å². The maximum atomic E-state index is 12.3. The lowest BCUT2D eigenvalue weighted by Crippen LogP contribution is -2.46. The summed E-state index contributed by atoms with van der Waals surface area (Å²) in [5.41, 5.74) is 6.27. The first-order chi connectivity index (χ1) is 13.3. The first kappa shape index (κ1) is 21.2. The summed E-state index contributed by atoms with van der Waals surface area (Å²) in [7, 11) is 0. The molecule has 2 rings (SSSR count). The fourth-order valence-corrected chi connectivity index (χ4v) is 2.57. The lowest BCUT2D eigenvalue weighted by molar-refractivity contribution is -0.236. The van der Waals surface area contributed by atoms with Gasteiger partial charge in [-0.3, -0.25) is 14.5 Å². The van der Waals surface area contributed by atoms with Crippen molar-refractivity contribution in [3.05, 3.63) is 64.2 Å². The van der Waals surface area contributed by atoms with Gasteiger partial charge in [-0.05, 0) is 35.9 Å². The van der Waals surface area contributed by atoms with E-state index >= 15 is 0 Å². The van der Waals surface area contributed by atoms with Crippen LogP contribution in [0.4, 0.5) is 0 Å². The van der Waals surface area contributed by atoms with Gasteiger partial charge in [0, 0.05) is 18.7 Å². The lowest BCUT2D eigenvalue weighted by atomic mass is 10.1. The van der Waals surface area contributed by atoms with Gasteiger partial charge in [-0.1, -0.05) is 23.7 Å². The molecule has 0 bridgehead atoms. The Balaban J connectivity index is 2.05. The number of nitrogens with two attached hydrogens (primary N) is 1. The van der Waals surface area contributed by atoms with Crippen molar-refractivity contribution >= 4 is 29.4 Å². The van der Waals surface area contributed by atoms with E-state index < -0.39 is 23.8 Å². The van der Waals surface area contributed by atoms with Crippen molar-refractivity contribution in [1.29, 1.82) is 0 Å². The number of rotatable bonds is 7. The van der Waals surface area contributed by atoms with Gasteiger partial charge in [0.2, 0.25) is 0 Å². The summed E-state index contributed by atoms with van der Waals surface area (Å²) in [6.07, 6.45) is 0. The van der Waals surface area contributed by atoms with Crippen LogP contribution in [0, 0.1) is 0 Å². The highest BCUT2D eigenvalue weighted by molar-refractivity contribution is 6.34. The molecule has 148 valence electrons. The Labute approximate surface area is 165 Å². The van der Waals surface area contributed by atoms with E-state index in [0.717, 1.165) is 0 Å². The average molecular weight is 408 g/mol. The molecule has 0 saturated heterocycles. The predicted molar refractivity (Wildman–Crippen MR) is 99.8 cm³/mol. The highest BCUT2D eigenvalue weighted by Crippen LogP contribution is 2.18. The molecule has 0 heterocycles. The Morgan fingerprint density at radius 3 is 2.50 bits per heavy atom. The molecule has 0 radical (unpaired) electrons. The van der Waals surface area contributed by atoms with Crippen LogP contribution in [0.2, 0.25) is 5.02 Å². The number of carbonyl (C=O) groups excluding carboxylic acids is 3. The van der Waals surface area contributed by atoms with Crippen molar-refractivity contribution in [3.8, 4) is 5.75 Å². The number of phenolic OH excluding ortho intramolecular Hbond substituents is 1. The number of carbonyl (C=O) groups is 3. The molecule has 2 amide bonds. The molecule has 9 nitrogen and oxygen atoms in total. The Morgan fingerprint density at radius 1 is 1.14 bits per heavy atom. The van der Waals surface area contributed by atoms with E-state index in [-0.39, 0.29) is 35.0 Å². The first-order valence-electron chi connectivity index (χ1n) is 8.07. The minimum atomic E-state index is -1.25. The molecule has 10 heteroatoms. The fraction of sp³-hybridized carbons (Fsp3) is 0.167. The Hall–Kier alpha value is -3.14. The van der Waals surface area contributed by atoms with E-state index in [1.54, 1.807) is 12.1 Å². The SMILES string of the molecule is NC[C@H](NC(=O)c1ccc(C(=O)NCc2cccc(O)c2)cc1Cl)C(=O)OO. The summed E-state index contributed by atoms with van der Waals surface area (Å²) in [5, 5.41) is 22.7. The van der Waals surface area contributed by atoms with Gasteiger partial charge in [0.15, 0.2) is 0 Å². The van der Waals surface area contributed by atoms with Crippen LogP contribution >= 0.6 is 11.6 Å². The quantitative estimate of drug-likeness (QED) is 0.340. The van der Waals surface area contributed by atoms with Crippen LogP contribution in [0.3, 0.4) is 0 Å². The smallest absolute Gasteiger partial charge is 0.365 e. The highest BCUT2D eigenvalue weighted by Gasteiger charge is 2.23. The van der Waals surface area contributed by atoms with Crippen LogP contribution in [0.5, 0.6) is 5.75 Å². The van der Waals surface area contributed by atoms with Gasteiger partial charge in [-0.25, -0.2) is 4.79 Å². The van der Waals surface area contributed by atoms with Crippen molar-refractivity contribution in [1.82, 2.24) is 10.6 Å². The van der Waals surface area contributed by atoms with Crippen LogP contribution in [-0.2, 0) is 16.2 Å². The molecule has 0 aliphatic heterocycles. The fourth-order valence-electron chi connectivity index (χ4n) is 2.31. The van der Waals surface area contributed by atoms with Gasteiger partial charge >= 0.3 is 5.97 Å². The van der Waals surface area contributed by atoms with E-state index in [0.29, 0.717) is 5.56 Å². The van der Waals surface area contributed by atoms with Gasteiger partial charge in [0.1, 0.15) is 11.8 Å². The number of aromatic hydroxyl groups is 1. The summed E-state index contributed by atoms with van der Waals surface area (Å²) in [6, 6.07) is 9.19. The number of hydrogen-bond acceptors (Lipinski definition) is 7. The van der Waals surface area contributed by atoms with Gasteiger partial charge in [-0.2, -0.15) is 5.26 Å². The normalized spacial score (nSPS) is 11.4. The van der Waals surface area contributed by atoms with Crippen molar-refractivity contribution in [2.75, 3.05) is 6.54 Å². The molecular formula is C18H18ClN3O6. The van der Waals surface area contributed by atoms with E-state index in [1.165, 1.54) is 30.3 Å². The Kier molecular flexibility index (Phi) is 7.33. The van der Waals surface area contributed by atoms with Crippen LogP contribution < -0.4 is 16.4 Å². The monoisotopic (exact) mass is 407 g/mol. The van der Waals surface area contributed by atoms with Gasteiger partial charge < -0.3 is 21.5 Å². The van der Waals surface area contributed by atoms with E-state index in [4.69, 9.17) is 22.6 Å². The maximum Gasteiger partial charge on any atom is 0.365 e. The van der Waals surface area contributed by atoms with Gasteiger partial charge in [-0.15, -0.1) is 0 Å². The molecule has 28 heavy (non-hydrogen) atoms. The highest BCUT2D eigenvalue weighted by atomic mass is 35.5. The largest absolute Gasteiger partial charge is 0.508 e. The molecule has 1 atom stereocenters. The topological polar surface area (TPSA) is 151 Å². The second-order valence-corrected chi connectivity index (χ2v) is 6.13. The average Bonchev–Trinajstić information content (AvgIpc) is 2.69. The van der Waals surface area contributed by atoms with Crippen molar-refractivity contribution in [3.63, 3.8) is 0 Å². The minimum Gasteiger partial charge on any atom is -0.508 e. The molecule has 6 N–H and O–H groups in total. The van der Waals surface area contributed by atoms with Crippen LogP contribution in [-0.4, -0.2) is 40.7 Å². The zero-order valence-electron chi connectivity index (χ0n) is 14.5. The van der Waals surface area contributed by atoms with Crippen molar-refractivity contribution < 1.29 is 29.6 Å². The number of benzene rings is 2. The number of amides is 2. The number of halogens is 1. The summed E-state index contributed by atoms with van der Waals surface area (Å²) < 4.78 is 0. The number of nitrogens with one attached hydrogen (secondary N) is 2. The van der Waals surface area contributed by atoms with Gasteiger partial charge in [0.25, 0.3) is 11.8 Å². The van der Waals surface area contributed by atoms with E-state index in [1.807, 2.05) is 0 Å². The molecule has 0 aliphatic carbocycles. The third-order valence-electron chi connectivity index (χ3n) is 3.76. The Bertz CT molecular complexity index is 889. The molecule has 2 aromatic rings. The number of phenols is 1. The summed E-state index contributed by atoms with van der Waals surface area (Å²) in [6.45, 7) is -0.104. The molecule has 0 saturated carbocycles. The van der Waals surface area contributed by atoms with Crippen LogP contribution in [0.1, 0.15) is 26.3 Å². The molecule has 0 unspecified atom stereocenters. The second kappa shape index (κ2) is 9.70. The molecule has 0 aromatic heterocycles. The standard InChI is InChI=1S/C18H18ClN3O6/c19-14-7-11(16(24)21-9-10-2-1-3-12(23)6-10)4-5-13(14)17(25)22-15(8-20)18(26)28-27/h1-7,15,23,27H,8-9,20H2,(H,21,24)(H,22,25)/t15-/m0/s1. The zero-order valence-corrected chi connectivity index (χ0v) is 15.3. The molecule has 2 aromatic carbocycles. The molecular weight excluding hydrogens is 390 g/mol. The van der Waals surface area contributed by atoms with E-state index in [9.17, 15) is 19.5 Å². The molecule has 0 fully saturated rings. The summed E-state index contributed by atoms with van der Waals surface area (Å²) in [4.78, 5) is 39.3. The number of hydrogen-bond donors (Lipinski definition) is 5. The second-order valence-electron chi connectivity index (χ2n) is 5.72. The summed E-state index contributed by atoms with van der Waals surface area (Å²) >= 11 is 6.08. The summed E-state index contributed by atoms with van der Waals surface area (Å²) in [5.74, 6) is -2.18. The third kappa shape index (κ3) is 5.43. The third-order valence-corrected chi connectivity index (χ3v) is 4.07. The zero-order chi connectivity index (χ0) is 20.7. The first-order valence-corrected chi connectivity index (χ1v) is 8.45. The Morgan fingerprint density at radius 2 is 1.89 bits per heavy atom. The predicted octanol–water partition coefficient (Wildman–Crippen LogP) is 1.05. The minimum absolute atomic E-state index is 0.00962. The van der Waals surface area contributed by atoms with Crippen molar-refractivity contribution in [2.24, 2.45) is 5.73 Å². The maximum absolute atomic E-state index is 12.3. The molecule has 0 spiro atoms. The molecule has 0 aliphatic rings. The van der Waals surface area contributed by atoms with E-state index in [2.05, 4.69) is 15.5 Å².